The van der Waals surface area contributed by atoms with E-state index in [1.807, 2.05) is 6.07 Å². The summed E-state index contributed by atoms with van der Waals surface area (Å²) >= 11 is 0. The van der Waals surface area contributed by atoms with Gasteiger partial charge in [-0.3, -0.25) is 13.9 Å². The van der Waals surface area contributed by atoms with Crippen LogP contribution in [0.4, 0.5) is 11.4 Å². The molecule has 0 aliphatic heterocycles. The van der Waals surface area contributed by atoms with E-state index in [9.17, 15) is 18.0 Å². The average Bonchev–Trinajstić information content (AvgIpc) is 2.74. The third kappa shape index (κ3) is 4.75. The lowest BCUT2D eigenvalue weighted by molar-refractivity contribution is -0.116. The lowest BCUT2D eigenvalue weighted by Crippen LogP contribution is -2.45. The molecule has 0 aromatic heterocycles. The van der Waals surface area contributed by atoms with Crippen molar-refractivity contribution in [1.29, 1.82) is 0 Å². The van der Waals surface area contributed by atoms with Crippen molar-refractivity contribution >= 4 is 33.1 Å². The fraction of sp³-hybridized carbons (Fsp3) is 0.130. The Hall–Kier alpha value is -3.45. The molecule has 0 unspecified atom stereocenters. The number of ketones is 1. The molecule has 0 saturated carbocycles. The van der Waals surface area contributed by atoms with Gasteiger partial charge in [-0.1, -0.05) is 60.7 Å². The fourth-order valence-corrected chi connectivity index (χ4v) is 4.33. The Bertz CT molecular complexity index is 1150. The van der Waals surface area contributed by atoms with Gasteiger partial charge >= 0.3 is 0 Å². The third-order valence-electron chi connectivity index (χ3n) is 4.56. The zero-order chi connectivity index (χ0) is 21.7. The molecule has 0 saturated heterocycles. The summed E-state index contributed by atoms with van der Waals surface area (Å²) in [5.74, 6) is -0.778. The van der Waals surface area contributed by atoms with Crippen molar-refractivity contribution in [3.8, 4) is 0 Å². The molecule has 0 radical (unpaired) electrons. The molecule has 0 aliphatic carbocycles. The Balaban J connectivity index is 1.90. The molecule has 154 valence electrons. The number of hydrogen-bond donors (Lipinski definition) is 1. The predicted octanol–water partition coefficient (Wildman–Crippen LogP) is 3.71. The highest BCUT2D eigenvalue weighted by molar-refractivity contribution is 7.92. The maximum Gasteiger partial charge on any atom is 0.248 e. The number of carbonyl (C=O) groups is 2. The van der Waals surface area contributed by atoms with Crippen molar-refractivity contribution in [2.75, 3.05) is 15.9 Å². The van der Waals surface area contributed by atoms with Crippen LogP contribution in [0.2, 0.25) is 0 Å². The monoisotopic (exact) mass is 422 g/mol. The predicted molar refractivity (Wildman–Crippen MR) is 118 cm³/mol. The molecule has 1 N–H and O–H groups in total. The van der Waals surface area contributed by atoms with E-state index >= 15 is 0 Å². The highest BCUT2D eigenvalue weighted by Gasteiger charge is 2.29. The minimum Gasteiger partial charge on any atom is -0.324 e. The van der Waals surface area contributed by atoms with Gasteiger partial charge in [0.1, 0.15) is 6.04 Å². The van der Waals surface area contributed by atoms with Crippen molar-refractivity contribution in [3.05, 3.63) is 96.1 Å². The van der Waals surface area contributed by atoms with E-state index in [0.717, 1.165) is 10.6 Å². The van der Waals surface area contributed by atoms with Crippen LogP contribution in [0.25, 0.3) is 0 Å². The van der Waals surface area contributed by atoms with Crippen molar-refractivity contribution in [2.24, 2.45) is 0 Å². The van der Waals surface area contributed by atoms with Crippen LogP contribution >= 0.6 is 0 Å². The number of hydrogen-bond acceptors (Lipinski definition) is 4. The zero-order valence-electron chi connectivity index (χ0n) is 16.6. The van der Waals surface area contributed by atoms with E-state index in [4.69, 9.17) is 0 Å². The minimum atomic E-state index is -3.72. The lowest BCUT2D eigenvalue weighted by Gasteiger charge is -2.28. The van der Waals surface area contributed by atoms with Gasteiger partial charge in [-0.25, -0.2) is 8.42 Å². The first-order chi connectivity index (χ1) is 14.3. The Morgan fingerprint density at radius 2 is 1.37 bits per heavy atom. The van der Waals surface area contributed by atoms with Crippen LogP contribution in [-0.2, 0) is 14.8 Å². The molecule has 0 aliphatic rings. The molecular formula is C23H22N2O4S. The van der Waals surface area contributed by atoms with Crippen LogP contribution in [0.5, 0.6) is 0 Å². The smallest absolute Gasteiger partial charge is 0.248 e. The first-order valence-corrected chi connectivity index (χ1v) is 11.2. The summed E-state index contributed by atoms with van der Waals surface area (Å²) in [6.07, 6.45) is 1.05. The van der Waals surface area contributed by atoms with Gasteiger partial charge in [-0.05, 0) is 31.2 Å². The molecule has 7 heteroatoms. The Morgan fingerprint density at radius 3 is 1.97 bits per heavy atom. The molecule has 0 heterocycles. The van der Waals surface area contributed by atoms with E-state index in [-0.39, 0.29) is 5.78 Å². The molecule has 3 rings (SSSR count). The quantitative estimate of drug-likeness (QED) is 0.589. The number of anilines is 2. The van der Waals surface area contributed by atoms with E-state index in [1.165, 1.54) is 6.92 Å². The zero-order valence-corrected chi connectivity index (χ0v) is 17.5. The second-order valence-electron chi connectivity index (χ2n) is 6.80. The number of benzene rings is 3. The van der Waals surface area contributed by atoms with Crippen molar-refractivity contribution in [3.63, 3.8) is 0 Å². The van der Waals surface area contributed by atoms with E-state index in [1.54, 1.807) is 78.9 Å². The van der Waals surface area contributed by atoms with Crippen LogP contribution in [0.1, 0.15) is 22.8 Å². The molecular weight excluding hydrogens is 400 g/mol. The standard InChI is InChI=1S/C23H22N2O4S/c1-17(25(30(2,28)29)19-13-7-4-8-14-19)23(27)24-21-16-10-9-15-20(21)22(26)18-11-5-3-6-12-18/h3-17H,1-2H3,(H,24,27)/t17-/m0/s1. The normalized spacial score (nSPS) is 12.1. The molecule has 0 spiro atoms. The lowest BCUT2D eigenvalue weighted by atomic mass is 10.0. The summed E-state index contributed by atoms with van der Waals surface area (Å²) in [5.41, 5.74) is 1.53. The fourth-order valence-electron chi connectivity index (χ4n) is 3.16. The van der Waals surface area contributed by atoms with Crippen molar-refractivity contribution < 1.29 is 18.0 Å². The Kier molecular flexibility index (Phi) is 6.32. The summed E-state index contributed by atoms with van der Waals surface area (Å²) in [4.78, 5) is 25.8. The van der Waals surface area contributed by atoms with Gasteiger partial charge in [0.25, 0.3) is 0 Å². The number of amides is 1. The third-order valence-corrected chi connectivity index (χ3v) is 5.81. The van der Waals surface area contributed by atoms with Crippen LogP contribution in [0.15, 0.2) is 84.9 Å². The second kappa shape index (κ2) is 8.92. The van der Waals surface area contributed by atoms with Gasteiger partial charge in [0, 0.05) is 11.1 Å². The number of sulfonamides is 1. The number of nitrogens with one attached hydrogen (secondary N) is 1. The molecule has 30 heavy (non-hydrogen) atoms. The summed E-state index contributed by atoms with van der Waals surface area (Å²) in [6, 6.07) is 22.8. The molecule has 6 nitrogen and oxygen atoms in total. The highest BCUT2D eigenvalue weighted by atomic mass is 32.2. The van der Waals surface area contributed by atoms with Crippen molar-refractivity contribution in [1.82, 2.24) is 0 Å². The SMILES string of the molecule is C[C@@H](C(=O)Nc1ccccc1C(=O)c1ccccc1)N(c1ccccc1)S(C)(=O)=O. The van der Waals surface area contributed by atoms with E-state index in [2.05, 4.69) is 5.32 Å². The summed E-state index contributed by atoms with van der Waals surface area (Å²) in [6.45, 7) is 1.50. The molecule has 1 amide bonds. The maximum atomic E-state index is 13.0. The van der Waals surface area contributed by atoms with Gasteiger partial charge in [0.15, 0.2) is 5.78 Å². The van der Waals surface area contributed by atoms with Crippen LogP contribution in [-0.4, -0.2) is 32.4 Å². The van der Waals surface area contributed by atoms with E-state index < -0.39 is 22.0 Å². The Morgan fingerprint density at radius 1 is 0.833 bits per heavy atom. The molecule has 0 bridgehead atoms. The summed E-state index contributed by atoms with van der Waals surface area (Å²) < 4.78 is 25.8. The van der Waals surface area contributed by atoms with E-state index in [0.29, 0.717) is 22.5 Å². The Labute approximate surface area is 176 Å². The number of carbonyl (C=O) groups excluding carboxylic acids is 2. The van der Waals surface area contributed by atoms with Crippen molar-refractivity contribution in [2.45, 2.75) is 13.0 Å². The maximum absolute atomic E-state index is 13.0. The van der Waals surface area contributed by atoms with Gasteiger partial charge in [-0.15, -0.1) is 0 Å². The minimum absolute atomic E-state index is 0.234. The average molecular weight is 423 g/mol. The number of para-hydroxylation sites is 2. The van der Waals surface area contributed by atoms with Gasteiger partial charge in [0.05, 0.1) is 17.6 Å². The topological polar surface area (TPSA) is 83.6 Å². The largest absolute Gasteiger partial charge is 0.324 e. The van der Waals surface area contributed by atoms with Gasteiger partial charge in [-0.2, -0.15) is 0 Å². The number of rotatable bonds is 7. The molecule has 3 aromatic carbocycles. The van der Waals surface area contributed by atoms with Gasteiger partial charge < -0.3 is 5.32 Å². The van der Waals surface area contributed by atoms with Crippen LogP contribution in [0, 0.1) is 0 Å². The first-order valence-electron chi connectivity index (χ1n) is 9.33. The summed E-state index contributed by atoms with van der Waals surface area (Å²) in [7, 11) is -3.72. The molecule has 3 aromatic rings. The van der Waals surface area contributed by atoms with Crippen LogP contribution in [0.3, 0.4) is 0 Å². The first kappa shape index (κ1) is 21.3. The molecule has 0 fully saturated rings. The second-order valence-corrected chi connectivity index (χ2v) is 8.66. The van der Waals surface area contributed by atoms with Crippen LogP contribution < -0.4 is 9.62 Å². The molecule has 1 atom stereocenters. The van der Waals surface area contributed by atoms with Gasteiger partial charge in [0.2, 0.25) is 15.9 Å². The highest BCUT2D eigenvalue weighted by Crippen LogP contribution is 2.23. The summed E-state index contributed by atoms with van der Waals surface area (Å²) in [5, 5.41) is 2.72. The number of nitrogens with zero attached hydrogens (tertiary/aromatic N) is 1.